The fourth-order valence-corrected chi connectivity index (χ4v) is 2.87. The third-order valence-corrected chi connectivity index (χ3v) is 4.19. The van der Waals surface area contributed by atoms with Gasteiger partial charge >= 0.3 is 0 Å². The molecule has 1 aromatic heterocycles. The first-order valence-corrected chi connectivity index (χ1v) is 7.33. The average Bonchev–Trinajstić information content (AvgIpc) is 2.88. The molecule has 0 aliphatic carbocycles. The number of aryl methyl sites for hydroxylation is 1. The highest BCUT2D eigenvalue weighted by atomic mass is 15.1. The van der Waals surface area contributed by atoms with E-state index in [0.29, 0.717) is 18.4 Å². The van der Waals surface area contributed by atoms with Gasteiger partial charge in [0.05, 0.1) is 12.4 Å². The van der Waals surface area contributed by atoms with Gasteiger partial charge in [0.25, 0.3) is 0 Å². The van der Waals surface area contributed by atoms with Crippen molar-refractivity contribution >= 4 is 0 Å². The normalized spacial score (nSPS) is 14.5. The summed E-state index contributed by atoms with van der Waals surface area (Å²) >= 11 is 0. The van der Waals surface area contributed by atoms with Crippen LogP contribution in [0.4, 0.5) is 0 Å². The fourth-order valence-electron chi connectivity index (χ4n) is 2.87. The van der Waals surface area contributed by atoms with Gasteiger partial charge in [0, 0.05) is 24.4 Å². The average molecular weight is 271 g/mol. The molecule has 3 nitrogen and oxygen atoms in total. The molecule has 0 radical (unpaired) electrons. The molecule has 108 valence electrons. The quantitative estimate of drug-likeness (QED) is 0.904. The van der Waals surface area contributed by atoms with Gasteiger partial charge in [0.15, 0.2) is 0 Å². The zero-order chi connectivity index (χ0) is 14.7. The van der Waals surface area contributed by atoms with E-state index in [4.69, 9.17) is 5.73 Å². The molecule has 2 atom stereocenters. The number of benzene rings is 1. The SMILES string of the molecule is Cc1ccccc1C(C)n1cncc1C(CN)C(C)C. The van der Waals surface area contributed by atoms with Gasteiger partial charge in [0.2, 0.25) is 0 Å². The minimum absolute atomic E-state index is 0.279. The van der Waals surface area contributed by atoms with Crippen LogP contribution in [0.2, 0.25) is 0 Å². The van der Waals surface area contributed by atoms with Crippen LogP contribution in [-0.4, -0.2) is 16.1 Å². The Bertz CT molecular complexity index is 557. The zero-order valence-electron chi connectivity index (χ0n) is 12.9. The van der Waals surface area contributed by atoms with E-state index < -0.39 is 0 Å². The van der Waals surface area contributed by atoms with Crippen molar-refractivity contribution in [1.29, 1.82) is 0 Å². The van der Waals surface area contributed by atoms with Gasteiger partial charge in [-0.1, -0.05) is 38.1 Å². The molecular weight excluding hydrogens is 246 g/mol. The Hall–Kier alpha value is -1.61. The van der Waals surface area contributed by atoms with E-state index in [1.807, 2.05) is 12.5 Å². The first-order valence-electron chi connectivity index (χ1n) is 7.33. The number of hydrogen-bond donors (Lipinski definition) is 1. The lowest BCUT2D eigenvalue weighted by molar-refractivity contribution is 0.462. The molecule has 3 heteroatoms. The van der Waals surface area contributed by atoms with Crippen molar-refractivity contribution in [2.75, 3.05) is 6.54 Å². The molecule has 0 spiro atoms. The molecule has 20 heavy (non-hydrogen) atoms. The monoisotopic (exact) mass is 271 g/mol. The van der Waals surface area contributed by atoms with Gasteiger partial charge in [-0.2, -0.15) is 0 Å². The van der Waals surface area contributed by atoms with Gasteiger partial charge in [-0.15, -0.1) is 0 Å². The highest BCUT2D eigenvalue weighted by molar-refractivity contribution is 5.30. The van der Waals surface area contributed by atoms with Crippen LogP contribution in [0, 0.1) is 12.8 Å². The number of nitrogens with two attached hydrogens (primary N) is 1. The summed E-state index contributed by atoms with van der Waals surface area (Å²) < 4.78 is 2.26. The summed E-state index contributed by atoms with van der Waals surface area (Å²) in [5, 5.41) is 0. The van der Waals surface area contributed by atoms with Crippen molar-refractivity contribution in [3.63, 3.8) is 0 Å². The Labute approximate surface area is 121 Å². The number of aromatic nitrogens is 2. The van der Waals surface area contributed by atoms with Crippen LogP contribution in [0.3, 0.4) is 0 Å². The number of imidazole rings is 1. The van der Waals surface area contributed by atoms with Crippen LogP contribution in [0.1, 0.15) is 49.6 Å². The minimum atomic E-state index is 0.279. The molecule has 0 fully saturated rings. The molecule has 2 N–H and O–H groups in total. The molecule has 1 heterocycles. The Balaban J connectivity index is 2.39. The number of rotatable bonds is 5. The van der Waals surface area contributed by atoms with E-state index in [0.717, 1.165) is 0 Å². The summed E-state index contributed by atoms with van der Waals surface area (Å²) in [4.78, 5) is 4.36. The highest BCUT2D eigenvalue weighted by Crippen LogP contribution is 2.29. The maximum Gasteiger partial charge on any atom is 0.0953 e. The van der Waals surface area contributed by atoms with Crippen LogP contribution in [-0.2, 0) is 0 Å². The van der Waals surface area contributed by atoms with E-state index >= 15 is 0 Å². The molecule has 1 aromatic carbocycles. The lowest BCUT2D eigenvalue weighted by Crippen LogP contribution is -2.22. The van der Waals surface area contributed by atoms with Crippen LogP contribution in [0.25, 0.3) is 0 Å². The summed E-state index contributed by atoms with van der Waals surface area (Å²) in [5.74, 6) is 0.864. The third kappa shape index (κ3) is 2.78. The first-order chi connectivity index (χ1) is 9.56. The molecule has 0 bridgehead atoms. The summed E-state index contributed by atoms with van der Waals surface area (Å²) in [6, 6.07) is 8.80. The van der Waals surface area contributed by atoms with E-state index in [1.54, 1.807) is 0 Å². The standard InChI is InChI=1S/C17H25N3/c1-12(2)16(9-18)17-10-19-11-20(17)14(4)15-8-6-5-7-13(15)3/h5-8,10-12,14,16H,9,18H2,1-4H3. The van der Waals surface area contributed by atoms with E-state index in [2.05, 4.69) is 61.5 Å². The molecule has 2 rings (SSSR count). The molecule has 2 aromatic rings. The lowest BCUT2D eigenvalue weighted by Gasteiger charge is -2.25. The second-order valence-corrected chi connectivity index (χ2v) is 5.84. The number of nitrogens with zero attached hydrogens (tertiary/aromatic N) is 2. The Morgan fingerprint density at radius 1 is 1.20 bits per heavy atom. The summed E-state index contributed by atoms with van der Waals surface area (Å²) in [6.45, 7) is 9.47. The Kier molecular flexibility index (Phi) is 4.61. The van der Waals surface area contributed by atoms with Gasteiger partial charge < -0.3 is 10.3 Å². The largest absolute Gasteiger partial charge is 0.330 e. The van der Waals surface area contributed by atoms with E-state index in [1.165, 1.54) is 16.8 Å². The van der Waals surface area contributed by atoms with Crippen molar-refractivity contribution in [3.8, 4) is 0 Å². The number of hydrogen-bond acceptors (Lipinski definition) is 2. The lowest BCUT2D eigenvalue weighted by atomic mass is 9.92. The van der Waals surface area contributed by atoms with Gasteiger partial charge in [-0.3, -0.25) is 0 Å². The maximum absolute atomic E-state index is 5.96. The molecule has 0 aliphatic heterocycles. The van der Waals surface area contributed by atoms with Crippen molar-refractivity contribution in [3.05, 3.63) is 53.6 Å². The Morgan fingerprint density at radius 3 is 2.50 bits per heavy atom. The first kappa shape index (κ1) is 14.8. The summed E-state index contributed by atoms with van der Waals surface area (Å²) in [5.41, 5.74) is 9.85. The molecule has 0 saturated heterocycles. The zero-order valence-corrected chi connectivity index (χ0v) is 12.9. The Morgan fingerprint density at radius 2 is 1.90 bits per heavy atom. The van der Waals surface area contributed by atoms with Gasteiger partial charge in [-0.05, 0) is 30.9 Å². The molecule has 0 aliphatic rings. The third-order valence-electron chi connectivity index (χ3n) is 4.19. The predicted molar refractivity (Wildman–Crippen MR) is 83.9 cm³/mol. The van der Waals surface area contributed by atoms with Gasteiger partial charge in [-0.25, -0.2) is 4.98 Å². The molecular formula is C17H25N3. The van der Waals surface area contributed by atoms with E-state index in [-0.39, 0.29) is 6.04 Å². The fraction of sp³-hybridized carbons (Fsp3) is 0.471. The van der Waals surface area contributed by atoms with Crippen LogP contribution < -0.4 is 5.73 Å². The summed E-state index contributed by atoms with van der Waals surface area (Å²) in [7, 11) is 0. The van der Waals surface area contributed by atoms with Crippen molar-refractivity contribution in [2.45, 2.75) is 39.7 Å². The van der Waals surface area contributed by atoms with Crippen LogP contribution in [0.15, 0.2) is 36.8 Å². The van der Waals surface area contributed by atoms with Crippen LogP contribution >= 0.6 is 0 Å². The smallest absolute Gasteiger partial charge is 0.0953 e. The minimum Gasteiger partial charge on any atom is -0.330 e. The van der Waals surface area contributed by atoms with Gasteiger partial charge in [0.1, 0.15) is 0 Å². The maximum atomic E-state index is 5.96. The molecule has 0 saturated carbocycles. The highest BCUT2D eigenvalue weighted by Gasteiger charge is 2.21. The van der Waals surface area contributed by atoms with Crippen molar-refractivity contribution in [1.82, 2.24) is 9.55 Å². The van der Waals surface area contributed by atoms with Crippen molar-refractivity contribution in [2.24, 2.45) is 11.7 Å². The summed E-state index contributed by atoms with van der Waals surface area (Å²) in [6.07, 6.45) is 3.89. The second-order valence-electron chi connectivity index (χ2n) is 5.84. The van der Waals surface area contributed by atoms with E-state index in [9.17, 15) is 0 Å². The topological polar surface area (TPSA) is 43.8 Å². The molecule has 0 amide bonds. The van der Waals surface area contributed by atoms with Crippen molar-refractivity contribution < 1.29 is 0 Å². The van der Waals surface area contributed by atoms with Crippen LogP contribution in [0.5, 0.6) is 0 Å². The second kappa shape index (κ2) is 6.23. The molecule has 2 unspecified atom stereocenters. The predicted octanol–water partition coefficient (Wildman–Crippen LogP) is 3.50.